The van der Waals surface area contributed by atoms with E-state index < -0.39 is 91.3 Å². The summed E-state index contributed by atoms with van der Waals surface area (Å²) >= 11 is 0. The Morgan fingerprint density at radius 2 is 0.962 bits per heavy atom. The summed E-state index contributed by atoms with van der Waals surface area (Å²) in [6.07, 6.45) is 1.49. The maximum absolute atomic E-state index is 12.8. The maximum atomic E-state index is 12.8. The lowest BCUT2D eigenvalue weighted by Crippen LogP contribution is -2.65. The van der Waals surface area contributed by atoms with E-state index in [9.17, 15) is 53.3 Å². The summed E-state index contributed by atoms with van der Waals surface area (Å²) in [4.78, 5) is 71.5. The molecule has 1 saturated carbocycles. The first-order valence-electron chi connectivity index (χ1n) is 18.3. The molecule has 314 valence electrons. The van der Waals surface area contributed by atoms with Crippen LogP contribution < -0.4 is 0 Å². The highest BCUT2D eigenvalue weighted by Crippen LogP contribution is 2.51. The number of hydrogen-bond donors (Lipinski definition) is 8. The molecule has 0 aromatic heterocycles. The van der Waals surface area contributed by atoms with Crippen molar-refractivity contribution in [1.82, 2.24) is 0 Å². The molecule has 0 saturated heterocycles. The van der Waals surface area contributed by atoms with Crippen LogP contribution in [0.25, 0.3) is 0 Å². The quantitative estimate of drug-likeness (QED) is 0.0287. The van der Waals surface area contributed by atoms with Gasteiger partial charge in [-0.2, -0.15) is 0 Å². The number of ether oxygens (including phenoxy) is 2. The van der Waals surface area contributed by atoms with Crippen LogP contribution in [-0.2, 0) is 50.9 Å². The molecule has 1 aliphatic carbocycles. The van der Waals surface area contributed by atoms with Gasteiger partial charge in [-0.1, -0.05) is 104 Å². The van der Waals surface area contributed by atoms with Crippen molar-refractivity contribution >= 4 is 35.4 Å². The minimum atomic E-state index is -5.58. The molecule has 22 heteroatoms. The van der Waals surface area contributed by atoms with Crippen LogP contribution in [-0.4, -0.2) is 108 Å². The van der Waals surface area contributed by atoms with E-state index in [1.807, 2.05) is 0 Å². The Labute approximate surface area is 311 Å². The molecule has 0 amide bonds. The Bertz CT molecular complexity index is 1180. The van der Waals surface area contributed by atoms with Crippen LogP contribution in [0.15, 0.2) is 0 Å². The van der Waals surface area contributed by atoms with Gasteiger partial charge >= 0.3 is 35.4 Å². The summed E-state index contributed by atoms with van der Waals surface area (Å²) in [5.41, 5.74) is 0. The molecular weight excluding hydrogens is 769 g/mol. The molecule has 1 rings (SSSR count). The van der Waals surface area contributed by atoms with Gasteiger partial charge in [0.05, 0.1) is 6.61 Å². The molecule has 0 spiro atoms. The highest BCUT2D eigenvalue weighted by molar-refractivity contribution is 7.47. The summed E-state index contributed by atoms with van der Waals surface area (Å²) < 4.78 is 64.1. The van der Waals surface area contributed by atoms with Crippen LogP contribution >= 0.6 is 23.5 Å². The molecule has 19 nitrogen and oxygen atoms in total. The topological polar surface area (TPSA) is 303 Å². The third-order valence-corrected chi connectivity index (χ3v) is 10.4. The van der Waals surface area contributed by atoms with Crippen molar-refractivity contribution in [1.29, 1.82) is 0 Å². The van der Waals surface area contributed by atoms with Crippen molar-refractivity contribution in [3.63, 3.8) is 0 Å². The second-order valence-electron chi connectivity index (χ2n) is 13.2. The molecule has 0 heterocycles. The van der Waals surface area contributed by atoms with Crippen molar-refractivity contribution in [2.75, 3.05) is 13.2 Å². The van der Waals surface area contributed by atoms with Crippen molar-refractivity contribution < 1.29 is 90.6 Å². The summed E-state index contributed by atoms with van der Waals surface area (Å²) in [7, 11) is -16.5. The Morgan fingerprint density at radius 1 is 0.528 bits per heavy atom. The van der Waals surface area contributed by atoms with E-state index in [-0.39, 0.29) is 12.8 Å². The first-order chi connectivity index (χ1) is 24.8. The minimum absolute atomic E-state index is 0.0476. The van der Waals surface area contributed by atoms with Crippen LogP contribution in [0.3, 0.4) is 0 Å². The van der Waals surface area contributed by atoms with E-state index in [1.54, 1.807) is 6.92 Å². The number of unbranched alkanes of at least 4 members (excludes halogenated alkanes) is 14. The first kappa shape index (κ1) is 50.2. The number of aliphatic hydroxyl groups is 3. The standard InChI is InChI=1S/C31H61O19P3/c1-3-5-6-7-8-9-10-11-12-13-14-15-16-17-18-20-24(32)45-21-23(47-25(33)19-4-2)22-46-53(43,44)50-29-26(34)27(35)30(48-51(37,38)39)31(28(29)36)49-52(40,41)42/h23,26-31,34-36H,3-22H2,1-2H3,(H,43,44)(H2,37,38,39)(H2,40,41,42)/t23-,26-,27+,28+,29-,30-,31-/m1/s1. The fourth-order valence-electron chi connectivity index (χ4n) is 5.68. The Morgan fingerprint density at radius 3 is 1.42 bits per heavy atom. The zero-order chi connectivity index (χ0) is 40.1. The van der Waals surface area contributed by atoms with E-state index in [0.29, 0.717) is 12.8 Å². The van der Waals surface area contributed by atoms with Gasteiger partial charge in [0.2, 0.25) is 0 Å². The maximum Gasteiger partial charge on any atom is 0.472 e. The fourth-order valence-corrected chi connectivity index (χ4v) is 7.77. The molecule has 1 fully saturated rings. The molecule has 1 unspecified atom stereocenters. The zero-order valence-electron chi connectivity index (χ0n) is 30.6. The molecule has 0 radical (unpaired) electrons. The predicted octanol–water partition coefficient (Wildman–Crippen LogP) is 4.06. The molecule has 8 N–H and O–H groups in total. The number of rotatable bonds is 30. The molecule has 8 atom stereocenters. The van der Waals surface area contributed by atoms with Gasteiger partial charge in [-0.3, -0.25) is 27.7 Å². The minimum Gasteiger partial charge on any atom is -0.462 e. The molecular formula is C31H61O19P3. The Balaban J connectivity index is 2.60. The lowest BCUT2D eigenvalue weighted by molar-refractivity contribution is -0.213. The zero-order valence-corrected chi connectivity index (χ0v) is 33.3. The van der Waals surface area contributed by atoms with Gasteiger partial charge in [-0.05, 0) is 12.8 Å². The van der Waals surface area contributed by atoms with Gasteiger partial charge in [0.15, 0.2) is 6.10 Å². The van der Waals surface area contributed by atoms with Gasteiger partial charge in [0.25, 0.3) is 0 Å². The average molecular weight is 831 g/mol. The van der Waals surface area contributed by atoms with Crippen LogP contribution in [0, 0.1) is 0 Å². The van der Waals surface area contributed by atoms with Gasteiger partial charge < -0.3 is 49.3 Å². The van der Waals surface area contributed by atoms with E-state index in [4.69, 9.17) is 28.3 Å². The van der Waals surface area contributed by atoms with Gasteiger partial charge in [-0.15, -0.1) is 0 Å². The van der Waals surface area contributed by atoms with Crippen LogP contribution in [0.5, 0.6) is 0 Å². The van der Waals surface area contributed by atoms with E-state index in [1.165, 1.54) is 64.2 Å². The third-order valence-electron chi connectivity index (χ3n) is 8.38. The lowest BCUT2D eigenvalue weighted by Gasteiger charge is -2.44. The Kier molecular flexibility index (Phi) is 24.7. The lowest BCUT2D eigenvalue weighted by atomic mass is 9.85. The highest BCUT2D eigenvalue weighted by Gasteiger charge is 2.56. The van der Waals surface area contributed by atoms with E-state index in [0.717, 1.165) is 25.7 Å². The third kappa shape index (κ3) is 23.1. The van der Waals surface area contributed by atoms with E-state index in [2.05, 4.69) is 16.0 Å². The molecule has 0 bridgehead atoms. The van der Waals surface area contributed by atoms with Crippen molar-refractivity contribution in [3.8, 4) is 0 Å². The molecule has 0 aromatic rings. The second-order valence-corrected chi connectivity index (χ2v) is 17.0. The molecule has 53 heavy (non-hydrogen) atoms. The summed E-state index contributed by atoms with van der Waals surface area (Å²) in [5, 5.41) is 31.4. The van der Waals surface area contributed by atoms with Gasteiger partial charge in [-0.25, -0.2) is 13.7 Å². The number of esters is 2. The summed E-state index contributed by atoms with van der Waals surface area (Å²) in [6, 6.07) is 0. The van der Waals surface area contributed by atoms with Crippen molar-refractivity contribution in [2.45, 2.75) is 172 Å². The number of hydrogen-bond acceptors (Lipinski definition) is 14. The van der Waals surface area contributed by atoms with E-state index >= 15 is 0 Å². The summed E-state index contributed by atoms with van der Waals surface area (Å²) in [5.74, 6) is -1.35. The SMILES string of the molecule is CCCCCCCCCCCCCCCCCC(=O)OC[C@H](COP(=O)(O)O[C@@H]1[C@H](O)[C@H](O)[C@@H](OP(=O)(O)O)[C@H](OP(=O)(O)O)[C@H]1O)OC(=O)CCC. The summed E-state index contributed by atoms with van der Waals surface area (Å²) in [6.45, 7) is 2.42. The number of phosphoric ester groups is 3. The molecule has 0 aliphatic heterocycles. The number of carbonyl (C=O) groups excluding carboxylic acids is 2. The number of carbonyl (C=O) groups is 2. The molecule has 0 aromatic carbocycles. The average Bonchev–Trinajstić information content (AvgIpc) is 3.06. The van der Waals surface area contributed by atoms with Gasteiger partial charge in [0.1, 0.15) is 43.2 Å². The van der Waals surface area contributed by atoms with Crippen molar-refractivity contribution in [3.05, 3.63) is 0 Å². The first-order valence-corrected chi connectivity index (χ1v) is 22.9. The van der Waals surface area contributed by atoms with Gasteiger partial charge in [0, 0.05) is 12.8 Å². The van der Waals surface area contributed by atoms with Crippen LogP contribution in [0.1, 0.15) is 129 Å². The Hall–Kier alpha value is -0.850. The highest BCUT2D eigenvalue weighted by atomic mass is 31.2. The fraction of sp³-hybridized carbons (Fsp3) is 0.935. The predicted molar refractivity (Wildman–Crippen MR) is 188 cm³/mol. The van der Waals surface area contributed by atoms with Crippen LogP contribution in [0.2, 0.25) is 0 Å². The normalized spacial score (nSPS) is 24.0. The number of aliphatic hydroxyl groups excluding tert-OH is 3. The van der Waals surface area contributed by atoms with Crippen molar-refractivity contribution in [2.24, 2.45) is 0 Å². The largest absolute Gasteiger partial charge is 0.472 e. The smallest absolute Gasteiger partial charge is 0.462 e. The second kappa shape index (κ2) is 26.1. The monoisotopic (exact) mass is 830 g/mol. The van der Waals surface area contributed by atoms with Crippen LogP contribution in [0.4, 0.5) is 0 Å². The number of phosphoric acid groups is 3. The molecule has 1 aliphatic rings.